The first-order valence-corrected chi connectivity index (χ1v) is 9.31. The van der Waals surface area contributed by atoms with Crippen LogP contribution in [0, 0.1) is 0 Å². The van der Waals surface area contributed by atoms with E-state index in [1.807, 2.05) is 24.3 Å². The van der Waals surface area contributed by atoms with Crippen molar-refractivity contribution in [3.05, 3.63) is 51.2 Å². The van der Waals surface area contributed by atoms with Gasteiger partial charge in [0.1, 0.15) is 6.61 Å². The molecule has 6 nitrogen and oxygen atoms in total. The van der Waals surface area contributed by atoms with Crippen LogP contribution in [0.4, 0.5) is 10.5 Å². The standard InChI is InChI=1S/C18H17ClN2O4S/c19-16-7-6-15(26-16)14(22)5-8-17(23)20-11-12-1-3-13(4-2-12)21-9-10-25-18(21)24/h1-4,6-7H,5,8-11H2,(H,20,23). The summed E-state index contributed by atoms with van der Waals surface area (Å²) in [7, 11) is 0. The molecular weight excluding hydrogens is 376 g/mol. The molecule has 0 saturated carbocycles. The minimum absolute atomic E-state index is 0.0843. The van der Waals surface area contributed by atoms with E-state index in [0.717, 1.165) is 11.3 Å². The molecule has 136 valence electrons. The fraction of sp³-hybridized carbons (Fsp3) is 0.278. The van der Waals surface area contributed by atoms with Crippen molar-refractivity contribution in [2.45, 2.75) is 19.4 Å². The van der Waals surface area contributed by atoms with Crippen molar-refractivity contribution in [3.8, 4) is 0 Å². The number of Topliss-reactive ketones (excluding diaryl/α,β-unsaturated/α-hetero) is 1. The maximum atomic E-state index is 12.0. The van der Waals surface area contributed by atoms with Crippen LogP contribution in [0.1, 0.15) is 28.1 Å². The molecule has 26 heavy (non-hydrogen) atoms. The van der Waals surface area contributed by atoms with Crippen molar-refractivity contribution in [1.29, 1.82) is 0 Å². The van der Waals surface area contributed by atoms with Crippen LogP contribution in [-0.2, 0) is 16.1 Å². The summed E-state index contributed by atoms with van der Waals surface area (Å²) < 4.78 is 5.46. The first kappa shape index (κ1) is 18.4. The van der Waals surface area contributed by atoms with Gasteiger partial charge in [-0.15, -0.1) is 11.3 Å². The van der Waals surface area contributed by atoms with Gasteiger partial charge in [0.25, 0.3) is 0 Å². The van der Waals surface area contributed by atoms with Crippen molar-refractivity contribution < 1.29 is 19.1 Å². The van der Waals surface area contributed by atoms with Gasteiger partial charge in [-0.3, -0.25) is 14.5 Å². The molecule has 1 aromatic carbocycles. The molecular formula is C18H17ClN2O4S. The summed E-state index contributed by atoms with van der Waals surface area (Å²) in [4.78, 5) is 37.5. The predicted molar refractivity (Wildman–Crippen MR) is 99.9 cm³/mol. The van der Waals surface area contributed by atoms with Gasteiger partial charge in [-0.05, 0) is 29.8 Å². The van der Waals surface area contributed by atoms with Crippen LogP contribution in [0.15, 0.2) is 36.4 Å². The molecule has 8 heteroatoms. The lowest BCUT2D eigenvalue weighted by Crippen LogP contribution is -2.24. The van der Waals surface area contributed by atoms with E-state index >= 15 is 0 Å². The van der Waals surface area contributed by atoms with Gasteiger partial charge in [-0.2, -0.15) is 0 Å². The molecule has 0 atom stereocenters. The van der Waals surface area contributed by atoms with E-state index in [9.17, 15) is 14.4 Å². The number of hydrogen-bond acceptors (Lipinski definition) is 5. The Labute approximate surface area is 159 Å². The Morgan fingerprint density at radius 3 is 2.54 bits per heavy atom. The second-order valence-corrected chi connectivity index (χ2v) is 7.45. The van der Waals surface area contributed by atoms with Gasteiger partial charge in [0.15, 0.2) is 5.78 Å². The maximum Gasteiger partial charge on any atom is 0.414 e. The molecule has 0 bridgehead atoms. The molecule has 1 aliphatic rings. The third-order valence-electron chi connectivity index (χ3n) is 3.93. The van der Waals surface area contributed by atoms with E-state index in [0.29, 0.717) is 28.9 Å². The number of halogens is 1. The molecule has 1 saturated heterocycles. The van der Waals surface area contributed by atoms with E-state index in [-0.39, 0.29) is 30.6 Å². The van der Waals surface area contributed by atoms with Crippen LogP contribution in [0.3, 0.4) is 0 Å². The number of carbonyl (C=O) groups excluding carboxylic acids is 3. The third kappa shape index (κ3) is 4.62. The van der Waals surface area contributed by atoms with Gasteiger partial charge in [0.2, 0.25) is 5.91 Å². The van der Waals surface area contributed by atoms with Crippen LogP contribution in [-0.4, -0.2) is 30.9 Å². The number of nitrogens with one attached hydrogen (secondary N) is 1. The second kappa shape index (κ2) is 8.33. The molecule has 0 unspecified atom stereocenters. The summed E-state index contributed by atoms with van der Waals surface area (Å²) in [5, 5.41) is 2.79. The fourth-order valence-electron chi connectivity index (χ4n) is 2.53. The van der Waals surface area contributed by atoms with Crippen molar-refractivity contribution in [2.24, 2.45) is 0 Å². The van der Waals surface area contributed by atoms with Gasteiger partial charge in [0.05, 0.1) is 15.8 Å². The minimum atomic E-state index is -0.345. The Hall–Kier alpha value is -2.38. The number of nitrogens with zero attached hydrogens (tertiary/aromatic N) is 1. The minimum Gasteiger partial charge on any atom is -0.447 e. The van der Waals surface area contributed by atoms with E-state index < -0.39 is 0 Å². The Morgan fingerprint density at radius 2 is 1.92 bits per heavy atom. The lowest BCUT2D eigenvalue weighted by Gasteiger charge is -2.13. The first-order chi connectivity index (χ1) is 12.5. The highest BCUT2D eigenvalue weighted by Gasteiger charge is 2.23. The number of thiophene rings is 1. The molecule has 1 aromatic heterocycles. The quantitative estimate of drug-likeness (QED) is 0.730. The SMILES string of the molecule is O=C(CCC(=O)c1ccc(Cl)s1)NCc1ccc(N2CCOC2=O)cc1. The summed E-state index contributed by atoms with van der Waals surface area (Å²) in [5.41, 5.74) is 1.67. The second-order valence-electron chi connectivity index (χ2n) is 5.74. The monoisotopic (exact) mass is 392 g/mol. The summed E-state index contributed by atoms with van der Waals surface area (Å²) >= 11 is 7.02. The smallest absolute Gasteiger partial charge is 0.414 e. The molecule has 1 N–H and O–H groups in total. The zero-order valence-electron chi connectivity index (χ0n) is 13.9. The Kier molecular flexibility index (Phi) is 5.90. The first-order valence-electron chi connectivity index (χ1n) is 8.11. The molecule has 1 fully saturated rings. The summed E-state index contributed by atoms with van der Waals surface area (Å²) in [6, 6.07) is 10.7. The number of rotatable bonds is 7. The summed E-state index contributed by atoms with van der Waals surface area (Å²) in [6.45, 7) is 1.30. The number of ketones is 1. The number of ether oxygens (including phenoxy) is 1. The van der Waals surface area contributed by atoms with Crippen molar-refractivity contribution in [3.63, 3.8) is 0 Å². The normalized spacial score (nSPS) is 13.6. The zero-order valence-corrected chi connectivity index (χ0v) is 15.4. The predicted octanol–water partition coefficient (Wildman–Crippen LogP) is 3.64. The van der Waals surface area contributed by atoms with Gasteiger partial charge in [0, 0.05) is 25.1 Å². The number of carbonyl (C=O) groups is 3. The highest BCUT2D eigenvalue weighted by atomic mass is 35.5. The van der Waals surface area contributed by atoms with Gasteiger partial charge in [-0.25, -0.2) is 4.79 Å². The highest BCUT2D eigenvalue weighted by molar-refractivity contribution is 7.18. The number of amides is 2. The Bertz CT molecular complexity index is 819. The van der Waals surface area contributed by atoms with Crippen LogP contribution in [0.25, 0.3) is 0 Å². The van der Waals surface area contributed by atoms with Gasteiger partial charge in [-0.1, -0.05) is 23.7 Å². The van der Waals surface area contributed by atoms with E-state index in [1.54, 1.807) is 17.0 Å². The van der Waals surface area contributed by atoms with E-state index in [2.05, 4.69) is 5.32 Å². The number of hydrogen-bond donors (Lipinski definition) is 1. The van der Waals surface area contributed by atoms with Crippen molar-refractivity contribution in [1.82, 2.24) is 5.32 Å². The number of anilines is 1. The van der Waals surface area contributed by atoms with Crippen LogP contribution >= 0.6 is 22.9 Å². The average molecular weight is 393 g/mol. The summed E-state index contributed by atoms with van der Waals surface area (Å²) in [5.74, 6) is -0.271. The van der Waals surface area contributed by atoms with Crippen LogP contribution < -0.4 is 10.2 Å². The van der Waals surface area contributed by atoms with Crippen molar-refractivity contribution >= 4 is 46.4 Å². The number of cyclic esters (lactones) is 1. The molecule has 0 aliphatic carbocycles. The lowest BCUT2D eigenvalue weighted by atomic mass is 10.1. The van der Waals surface area contributed by atoms with Crippen LogP contribution in [0.2, 0.25) is 4.34 Å². The number of benzene rings is 1. The molecule has 0 radical (unpaired) electrons. The Balaban J connectivity index is 1.44. The molecule has 0 spiro atoms. The molecule has 2 heterocycles. The van der Waals surface area contributed by atoms with E-state index in [1.165, 1.54) is 11.3 Å². The maximum absolute atomic E-state index is 12.0. The summed E-state index contributed by atoms with van der Waals surface area (Å²) in [6.07, 6.45) is -0.0622. The average Bonchev–Trinajstić information content (AvgIpc) is 3.26. The zero-order chi connectivity index (χ0) is 18.5. The molecule has 2 aromatic rings. The lowest BCUT2D eigenvalue weighted by molar-refractivity contribution is -0.121. The van der Waals surface area contributed by atoms with Gasteiger partial charge >= 0.3 is 6.09 Å². The van der Waals surface area contributed by atoms with Gasteiger partial charge < -0.3 is 10.1 Å². The largest absolute Gasteiger partial charge is 0.447 e. The Morgan fingerprint density at radius 1 is 1.15 bits per heavy atom. The molecule has 1 aliphatic heterocycles. The van der Waals surface area contributed by atoms with E-state index in [4.69, 9.17) is 16.3 Å². The third-order valence-corrected chi connectivity index (χ3v) is 5.20. The molecule has 3 rings (SSSR count). The highest BCUT2D eigenvalue weighted by Crippen LogP contribution is 2.23. The fourth-order valence-corrected chi connectivity index (χ4v) is 3.54. The van der Waals surface area contributed by atoms with Crippen molar-refractivity contribution in [2.75, 3.05) is 18.1 Å². The molecule has 2 amide bonds. The topological polar surface area (TPSA) is 75.7 Å². The van der Waals surface area contributed by atoms with Crippen LogP contribution in [0.5, 0.6) is 0 Å².